The van der Waals surface area contributed by atoms with Crippen LogP contribution in [0.2, 0.25) is 0 Å². The minimum Gasteiger partial charge on any atom is -0.299 e. The molecule has 0 saturated carbocycles. The topological polar surface area (TPSA) is 12.0 Å². The third-order valence-electron chi connectivity index (χ3n) is 2.15. The van der Waals surface area contributed by atoms with Gasteiger partial charge in [-0.05, 0) is 38.2 Å². The summed E-state index contributed by atoms with van der Waals surface area (Å²) >= 11 is 2.04. The van der Waals surface area contributed by atoms with Gasteiger partial charge in [-0.3, -0.25) is 5.32 Å². The Kier molecular flexibility index (Phi) is 3.49. The van der Waals surface area contributed by atoms with E-state index in [-0.39, 0.29) is 5.54 Å². The lowest BCUT2D eigenvalue weighted by Gasteiger charge is -2.30. The fourth-order valence-corrected chi connectivity index (χ4v) is 2.50. The number of terminal acetylenes is 1. The van der Waals surface area contributed by atoms with Gasteiger partial charge in [0.25, 0.3) is 0 Å². The average molecular weight is 183 g/mol. The smallest absolute Gasteiger partial charge is 0.0743 e. The molecule has 1 rings (SSSR count). The highest BCUT2D eigenvalue weighted by atomic mass is 32.2. The molecule has 1 N–H and O–H groups in total. The van der Waals surface area contributed by atoms with Gasteiger partial charge in [-0.25, -0.2) is 0 Å². The van der Waals surface area contributed by atoms with Gasteiger partial charge in [0.2, 0.25) is 0 Å². The first-order valence-electron chi connectivity index (χ1n) is 4.47. The summed E-state index contributed by atoms with van der Waals surface area (Å²) in [4.78, 5) is 0. The second kappa shape index (κ2) is 4.20. The Bertz CT molecular complexity index is 175. The van der Waals surface area contributed by atoms with E-state index in [2.05, 4.69) is 25.1 Å². The largest absolute Gasteiger partial charge is 0.299 e. The van der Waals surface area contributed by atoms with Crippen molar-refractivity contribution in [1.82, 2.24) is 5.32 Å². The van der Waals surface area contributed by atoms with E-state index < -0.39 is 0 Å². The Morgan fingerprint density at radius 3 is 2.50 bits per heavy atom. The Balaban J connectivity index is 2.35. The van der Waals surface area contributed by atoms with E-state index in [0.717, 1.165) is 0 Å². The summed E-state index contributed by atoms with van der Waals surface area (Å²) < 4.78 is 0. The molecule has 0 aromatic heterocycles. The molecule has 1 heterocycles. The van der Waals surface area contributed by atoms with Gasteiger partial charge in [-0.2, -0.15) is 11.8 Å². The highest BCUT2D eigenvalue weighted by molar-refractivity contribution is 7.99. The van der Waals surface area contributed by atoms with E-state index in [1.54, 1.807) is 0 Å². The van der Waals surface area contributed by atoms with Gasteiger partial charge in [0.1, 0.15) is 0 Å². The van der Waals surface area contributed by atoms with Crippen molar-refractivity contribution in [2.45, 2.75) is 38.3 Å². The maximum Gasteiger partial charge on any atom is 0.0743 e. The number of thioether (sulfide) groups is 1. The molecule has 0 spiro atoms. The summed E-state index contributed by atoms with van der Waals surface area (Å²) in [6.45, 7) is 4.13. The molecule has 0 atom stereocenters. The first kappa shape index (κ1) is 9.95. The van der Waals surface area contributed by atoms with Gasteiger partial charge in [-0.15, -0.1) is 6.42 Å². The summed E-state index contributed by atoms with van der Waals surface area (Å²) in [7, 11) is 0. The maximum atomic E-state index is 5.41. The van der Waals surface area contributed by atoms with Gasteiger partial charge >= 0.3 is 0 Å². The highest BCUT2D eigenvalue weighted by Crippen LogP contribution is 2.18. The second-order valence-electron chi connectivity index (χ2n) is 3.80. The average Bonchev–Trinajstić information content (AvgIpc) is 2.06. The molecule has 1 aliphatic rings. The summed E-state index contributed by atoms with van der Waals surface area (Å²) in [6, 6.07) is 0.636. The number of hydrogen-bond donors (Lipinski definition) is 1. The summed E-state index contributed by atoms with van der Waals surface area (Å²) in [5, 5.41) is 3.50. The molecule has 2 heteroatoms. The lowest BCUT2D eigenvalue weighted by atomic mass is 10.0. The summed E-state index contributed by atoms with van der Waals surface area (Å²) in [5.41, 5.74) is -0.132. The molecule has 12 heavy (non-hydrogen) atoms. The van der Waals surface area contributed by atoms with Crippen LogP contribution in [-0.4, -0.2) is 23.1 Å². The zero-order chi connectivity index (χ0) is 9.03. The lowest BCUT2D eigenvalue weighted by molar-refractivity contribution is 0.386. The molecule has 0 bridgehead atoms. The van der Waals surface area contributed by atoms with E-state index in [4.69, 9.17) is 6.42 Å². The van der Waals surface area contributed by atoms with Crippen LogP contribution in [0.3, 0.4) is 0 Å². The van der Waals surface area contributed by atoms with Crippen molar-refractivity contribution >= 4 is 11.8 Å². The van der Waals surface area contributed by atoms with Crippen molar-refractivity contribution in [2.75, 3.05) is 11.5 Å². The van der Waals surface area contributed by atoms with Gasteiger partial charge in [0.05, 0.1) is 5.54 Å². The quantitative estimate of drug-likeness (QED) is 0.656. The van der Waals surface area contributed by atoms with Crippen LogP contribution in [0.5, 0.6) is 0 Å². The third kappa shape index (κ3) is 3.08. The minimum absolute atomic E-state index is 0.132. The third-order valence-corrected chi connectivity index (χ3v) is 3.20. The standard InChI is InChI=1S/C10H17NS/c1-4-10(2,3)11-9-5-7-12-8-6-9/h1,9,11H,5-8H2,2-3H3. The molecule has 0 unspecified atom stereocenters. The Morgan fingerprint density at radius 2 is 2.00 bits per heavy atom. The molecule has 0 aromatic rings. The van der Waals surface area contributed by atoms with Crippen LogP contribution < -0.4 is 5.32 Å². The van der Waals surface area contributed by atoms with E-state index in [9.17, 15) is 0 Å². The first-order valence-corrected chi connectivity index (χ1v) is 5.63. The van der Waals surface area contributed by atoms with Gasteiger partial charge < -0.3 is 0 Å². The van der Waals surface area contributed by atoms with E-state index in [1.165, 1.54) is 24.3 Å². The molecular weight excluding hydrogens is 166 g/mol. The van der Waals surface area contributed by atoms with Crippen molar-refractivity contribution in [1.29, 1.82) is 0 Å². The van der Waals surface area contributed by atoms with Crippen molar-refractivity contribution in [2.24, 2.45) is 0 Å². The van der Waals surface area contributed by atoms with E-state index >= 15 is 0 Å². The molecule has 0 amide bonds. The number of hydrogen-bond acceptors (Lipinski definition) is 2. The van der Waals surface area contributed by atoms with Gasteiger partial charge in [-0.1, -0.05) is 5.92 Å². The summed E-state index contributed by atoms with van der Waals surface area (Å²) in [6.07, 6.45) is 7.93. The second-order valence-corrected chi connectivity index (χ2v) is 5.03. The van der Waals surface area contributed by atoms with Crippen molar-refractivity contribution in [3.63, 3.8) is 0 Å². The van der Waals surface area contributed by atoms with Crippen LogP contribution in [0.1, 0.15) is 26.7 Å². The van der Waals surface area contributed by atoms with Gasteiger partial charge in [0, 0.05) is 6.04 Å². The first-order chi connectivity index (χ1) is 5.64. The molecule has 0 aromatic carbocycles. The Morgan fingerprint density at radius 1 is 1.42 bits per heavy atom. The molecular formula is C10H17NS. The zero-order valence-electron chi connectivity index (χ0n) is 7.89. The van der Waals surface area contributed by atoms with Crippen molar-refractivity contribution in [3.05, 3.63) is 0 Å². The van der Waals surface area contributed by atoms with E-state index in [0.29, 0.717) is 6.04 Å². The van der Waals surface area contributed by atoms with E-state index in [1.807, 2.05) is 11.8 Å². The SMILES string of the molecule is C#CC(C)(C)NC1CCSCC1. The normalized spacial score (nSPS) is 20.4. The molecule has 1 aliphatic heterocycles. The van der Waals surface area contributed by atoms with Gasteiger partial charge in [0.15, 0.2) is 0 Å². The molecule has 0 radical (unpaired) electrons. The predicted molar refractivity (Wildman–Crippen MR) is 56.4 cm³/mol. The number of rotatable bonds is 2. The minimum atomic E-state index is -0.132. The summed E-state index contributed by atoms with van der Waals surface area (Å²) in [5.74, 6) is 5.32. The highest BCUT2D eigenvalue weighted by Gasteiger charge is 2.21. The van der Waals surface area contributed by atoms with Crippen molar-refractivity contribution in [3.8, 4) is 12.3 Å². The molecule has 1 nitrogen and oxygen atoms in total. The number of nitrogens with one attached hydrogen (secondary N) is 1. The maximum absolute atomic E-state index is 5.41. The zero-order valence-corrected chi connectivity index (χ0v) is 8.71. The molecule has 0 aliphatic carbocycles. The Labute approximate surface area is 79.7 Å². The fourth-order valence-electron chi connectivity index (χ4n) is 1.39. The molecule has 1 fully saturated rings. The lowest BCUT2D eigenvalue weighted by Crippen LogP contribution is -2.46. The van der Waals surface area contributed by atoms with Crippen LogP contribution in [-0.2, 0) is 0 Å². The fraction of sp³-hybridized carbons (Fsp3) is 0.800. The van der Waals surface area contributed by atoms with Crippen LogP contribution in [0, 0.1) is 12.3 Å². The monoisotopic (exact) mass is 183 g/mol. The molecule has 1 saturated heterocycles. The molecule has 68 valence electrons. The Hall–Kier alpha value is -0.130. The predicted octanol–water partition coefficient (Wildman–Crippen LogP) is 1.88. The van der Waals surface area contributed by atoms with Crippen LogP contribution in [0.15, 0.2) is 0 Å². The van der Waals surface area contributed by atoms with Crippen LogP contribution in [0.4, 0.5) is 0 Å². The van der Waals surface area contributed by atoms with Crippen LogP contribution in [0.25, 0.3) is 0 Å². The van der Waals surface area contributed by atoms with Crippen molar-refractivity contribution < 1.29 is 0 Å². The van der Waals surface area contributed by atoms with Crippen LogP contribution >= 0.6 is 11.8 Å².